The van der Waals surface area contributed by atoms with E-state index in [1.165, 1.54) is 6.92 Å². The molecule has 0 saturated carbocycles. The van der Waals surface area contributed by atoms with Gasteiger partial charge in [-0.15, -0.1) is 0 Å². The smallest absolute Gasteiger partial charge is 0.344 e. The van der Waals surface area contributed by atoms with E-state index in [4.69, 9.17) is 26.8 Å². The Morgan fingerprint density at radius 1 is 1.13 bits per heavy atom. The number of carbonyl (C=O) groups is 2. The maximum atomic E-state index is 11.5. The van der Waals surface area contributed by atoms with Crippen LogP contribution in [0.1, 0.15) is 6.92 Å². The zero-order chi connectivity index (χ0) is 16.8. The molecule has 1 atom stereocenters. The molecule has 0 bridgehead atoms. The van der Waals surface area contributed by atoms with Crippen molar-refractivity contribution in [3.05, 3.63) is 53.6 Å². The topological polar surface area (TPSA) is 78.6 Å². The molecule has 2 aromatic carbocycles. The van der Waals surface area contributed by atoms with Crippen LogP contribution in [-0.2, 0) is 14.3 Å². The molecular weight excluding hydrogens is 318 g/mol. The number of nitrogens with two attached hydrogens (primary N) is 1. The van der Waals surface area contributed by atoms with Crippen LogP contribution < -0.4 is 10.5 Å². The molecule has 0 aromatic heterocycles. The molecule has 0 saturated heterocycles. The fourth-order valence-electron chi connectivity index (χ4n) is 1.85. The highest BCUT2D eigenvalue weighted by atomic mass is 35.5. The van der Waals surface area contributed by atoms with E-state index < -0.39 is 18.0 Å². The molecule has 5 nitrogen and oxygen atoms in total. The Kier molecular flexibility index (Phi) is 5.60. The van der Waals surface area contributed by atoms with Crippen molar-refractivity contribution in [1.29, 1.82) is 0 Å². The first-order valence-electron chi connectivity index (χ1n) is 6.94. The third-order valence-electron chi connectivity index (χ3n) is 3.09. The van der Waals surface area contributed by atoms with Crippen molar-refractivity contribution in [2.24, 2.45) is 5.73 Å². The van der Waals surface area contributed by atoms with Crippen molar-refractivity contribution in [3.63, 3.8) is 0 Å². The molecule has 2 N–H and O–H groups in total. The molecule has 120 valence electrons. The van der Waals surface area contributed by atoms with E-state index in [0.717, 1.165) is 11.1 Å². The van der Waals surface area contributed by atoms with Crippen molar-refractivity contribution >= 4 is 23.5 Å². The standard InChI is InChI=1S/C17H16ClNO4/c1-11(17(19)21)23-16(20)10-22-15-8-7-13(9-14(15)18)12-5-3-2-4-6-12/h2-9,11H,10H2,1H3,(H2,19,21)/t11-/m1/s1. The van der Waals surface area contributed by atoms with Gasteiger partial charge >= 0.3 is 5.97 Å². The van der Waals surface area contributed by atoms with E-state index in [1.807, 2.05) is 36.4 Å². The van der Waals surface area contributed by atoms with Crippen LogP contribution in [0.5, 0.6) is 5.75 Å². The number of hydrogen-bond acceptors (Lipinski definition) is 4. The molecule has 0 unspecified atom stereocenters. The first-order valence-corrected chi connectivity index (χ1v) is 7.31. The summed E-state index contributed by atoms with van der Waals surface area (Å²) in [6.45, 7) is 1.03. The van der Waals surface area contributed by atoms with Gasteiger partial charge in [-0.25, -0.2) is 4.79 Å². The van der Waals surface area contributed by atoms with E-state index in [2.05, 4.69) is 0 Å². The molecule has 1 amide bonds. The fourth-order valence-corrected chi connectivity index (χ4v) is 2.09. The normalized spacial score (nSPS) is 11.6. The molecule has 0 fully saturated rings. The maximum Gasteiger partial charge on any atom is 0.344 e. The van der Waals surface area contributed by atoms with Gasteiger partial charge in [-0.2, -0.15) is 0 Å². The Bertz CT molecular complexity index is 703. The van der Waals surface area contributed by atoms with Crippen LogP contribution in [0, 0.1) is 0 Å². The first kappa shape index (κ1) is 16.8. The maximum absolute atomic E-state index is 11.5. The molecule has 0 aliphatic rings. The lowest BCUT2D eigenvalue weighted by molar-refractivity contribution is -0.155. The molecule has 0 heterocycles. The minimum Gasteiger partial charge on any atom is -0.480 e. The van der Waals surface area contributed by atoms with Gasteiger partial charge in [0.2, 0.25) is 0 Å². The summed E-state index contributed by atoms with van der Waals surface area (Å²) in [4.78, 5) is 22.4. The number of benzene rings is 2. The van der Waals surface area contributed by atoms with Crippen molar-refractivity contribution < 1.29 is 19.1 Å². The van der Waals surface area contributed by atoms with Gasteiger partial charge in [-0.3, -0.25) is 4.79 Å². The van der Waals surface area contributed by atoms with Gasteiger partial charge in [-0.1, -0.05) is 48.0 Å². The fraction of sp³-hybridized carbons (Fsp3) is 0.176. The van der Waals surface area contributed by atoms with E-state index in [1.54, 1.807) is 12.1 Å². The van der Waals surface area contributed by atoms with Gasteiger partial charge < -0.3 is 15.2 Å². The van der Waals surface area contributed by atoms with Crippen LogP contribution in [0.2, 0.25) is 5.02 Å². The largest absolute Gasteiger partial charge is 0.480 e. The highest BCUT2D eigenvalue weighted by Gasteiger charge is 2.15. The Labute approximate surface area is 139 Å². The number of ether oxygens (including phenoxy) is 2. The third kappa shape index (κ3) is 4.72. The van der Waals surface area contributed by atoms with Crippen LogP contribution in [0.25, 0.3) is 11.1 Å². The van der Waals surface area contributed by atoms with Crippen LogP contribution in [0.3, 0.4) is 0 Å². The van der Waals surface area contributed by atoms with Crippen molar-refractivity contribution in [2.75, 3.05) is 6.61 Å². The number of primary amides is 1. The van der Waals surface area contributed by atoms with Gasteiger partial charge in [0.25, 0.3) is 5.91 Å². The van der Waals surface area contributed by atoms with Gasteiger partial charge in [0.1, 0.15) is 5.75 Å². The van der Waals surface area contributed by atoms with E-state index >= 15 is 0 Å². The second-order valence-corrected chi connectivity index (χ2v) is 5.24. The van der Waals surface area contributed by atoms with Crippen LogP contribution >= 0.6 is 11.6 Å². The average molecular weight is 334 g/mol. The Morgan fingerprint density at radius 2 is 1.83 bits per heavy atom. The lowest BCUT2D eigenvalue weighted by Crippen LogP contribution is -2.32. The summed E-state index contributed by atoms with van der Waals surface area (Å²) in [6.07, 6.45) is -0.998. The number of hydrogen-bond donors (Lipinski definition) is 1. The molecule has 0 aliphatic carbocycles. The van der Waals surface area contributed by atoms with Crippen LogP contribution in [0.4, 0.5) is 0 Å². The molecule has 0 spiro atoms. The molecule has 0 aliphatic heterocycles. The molecule has 2 rings (SSSR count). The predicted molar refractivity (Wildman–Crippen MR) is 87.1 cm³/mol. The minimum atomic E-state index is -0.998. The molecule has 0 radical (unpaired) electrons. The highest BCUT2D eigenvalue weighted by molar-refractivity contribution is 6.32. The predicted octanol–water partition coefficient (Wildman–Crippen LogP) is 2.80. The summed E-state index contributed by atoms with van der Waals surface area (Å²) in [5, 5.41) is 0.377. The Balaban J connectivity index is 1.99. The summed E-state index contributed by atoms with van der Waals surface area (Å²) in [7, 11) is 0. The molecule has 23 heavy (non-hydrogen) atoms. The molecular formula is C17H16ClNO4. The molecule has 6 heteroatoms. The monoisotopic (exact) mass is 333 g/mol. The summed E-state index contributed by atoms with van der Waals surface area (Å²) in [6, 6.07) is 15.0. The number of amides is 1. The zero-order valence-electron chi connectivity index (χ0n) is 12.5. The second kappa shape index (κ2) is 7.65. The van der Waals surface area contributed by atoms with Crippen molar-refractivity contribution in [1.82, 2.24) is 0 Å². The molecule has 2 aromatic rings. The van der Waals surface area contributed by atoms with Crippen molar-refractivity contribution in [2.45, 2.75) is 13.0 Å². The van der Waals surface area contributed by atoms with Gasteiger partial charge in [-0.05, 0) is 30.2 Å². The highest BCUT2D eigenvalue weighted by Crippen LogP contribution is 2.30. The van der Waals surface area contributed by atoms with Crippen LogP contribution in [0.15, 0.2) is 48.5 Å². The summed E-state index contributed by atoms with van der Waals surface area (Å²) in [5.41, 5.74) is 6.97. The number of esters is 1. The summed E-state index contributed by atoms with van der Waals surface area (Å²) < 4.78 is 10.1. The minimum absolute atomic E-state index is 0.357. The summed E-state index contributed by atoms with van der Waals surface area (Å²) in [5.74, 6) is -1.06. The van der Waals surface area contributed by atoms with E-state index in [9.17, 15) is 9.59 Å². The van der Waals surface area contributed by atoms with Gasteiger partial charge in [0, 0.05) is 0 Å². The lowest BCUT2D eigenvalue weighted by Gasteiger charge is -2.12. The first-order chi connectivity index (χ1) is 11.0. The summed E-state index contributed by atoms with van der Waals surface area (Å²) >= 11 is 6.17. The second-order valence-electron chi connectivity index (χ2n) is 4.83. The quantitative estimate of drug-likeness (QED) is 0.824. The van der Waals surface area contributed by atoms with Gasteiger partial charge in [0.15, 0.2) is 12.7 Å². The van der Waals surface area contributed by atoms with E-state index in [-0.39, 0.29) is 6.61 Å². The number of rotatable bonds is 6. The Hall–Kier alpha value is -2.53. The zero-order valence-corrected chi connectivity index (χ0v) is 13.2. The third-order valence-corrected chi connectivity index (χ3v) is 3.39. The van der Waals surface area contributed by atoms with Gasteiger partial charge in [0.05, 0.1) is 5.02 Å². The van der Waals surface area contributed by atoms with Crippen LogP contribution in [-0.4, -0.2) is 24.6 Å². The SMILES string of the molecule is C[C@@H](OC(=O)COc1ccc(-c2ccccc2)cc1Cl)C(N)=O. The average Bonchev–Trinajstić information content (AvgIpc) is 2.54. The number of carbonyl (C=O) groups excluding carboxylic acids is 2. The lowest BCUT2D eigenvalue weighted by atomic mass is 10.1. The van der Waals surface area contributed by atoms with Crippen molar-refractivity contribution in [3.8, 4) is 16.9 Å². The Morgan fingerprint density at radius 3 is 2.43 bits per heavy atom. The van der Waals surface area contributed by atoms with E-state index in [0.29, 0.717) is 10.8 Å². The number of halogens is 1.